The zero-order chi connectivity index (χ0) is 25.6. The van der Waals surface area contributed by atoms with Crippen molar-refractivity contribution in [3.8, 4) is 0 Å². The molecule has 0 radical (unpaired) electrons. The van der Waals surface area contributed by atoms with Crippen molar-refractivity contribution in [2.75, 3.05) is 6.61 Å². The third-order valence-corrected chi connectivity index (χ3v) is 7.36. The van der Waals surface area contributed by atoms with Gasteiger partial charge in [0.05, 0.1) is 6.61 Å². The number of aliphatic hydroxyl groups excluding tert-OH is 4. The molecule has 2 unspecified atom stereocenters. The molecule has 1 saturated heterocycles. The van der Waals surface area contributed by atoms with Gasteiger partial charge in [0, 0.05) is 5.92 Å². The Hall–Kier alpha value is 0.670. The number of unbranched alkanes of at least 4 members (excludes halogenated alkanes) is 13. The summed E-state index contributed by atoms with van der Waals surface area (Å²) in [7, 11) is -5.30. The van der Waals surface area contributed by atoms with Crippen LogP contribution in [-0.2, 0) is 19.3 Å². The van der Waals surface area contributed by atoms with Crippen LogP contribution in [-0.4, -0.2) is 70.2 Å². The fourth-order valence-corrected chi connectivity index (χ4v) is 5.35. The fraction of sp³-hybridized carbons (Fsp3) is 1.00. The van der Waals surface area contributed by atoms with Gasteiger partial charge in [0.25, 0.3) is 0 Å². The van der Waals surface area contributed by atoms with Crippen molar-refractivity contribution >= 4 is 10.4 Å². The maximum atomic E-state index is 11.4. The smallest absolute Gasteiger partial charge is 0.725 e. The van der Waals surface area contributed by atoms with Crippen molar-refractivity contribution in [3.63, 3.8) is 0 Å². The van der Waals surface area contributed by atoms with Crippen LogP contribution in [0.2, 0.25) is 0 Å². The standard InChI is InChI=1S/C24H48O9S.Na/c1-3-4-5-6-7-8-9-10-11-12-13-14-15-16-17-19(2)24(33-34(29,30)31)23(28)22(27)21(26)20(18-25)32-24;/h19-23,25-28H,3-18H2,1-2H3,(H,29,30,31);/q;+1/p-1/t19?,20-,21-,22+,23-,24?;/m1./s1. The molecule has 1 fully saturated rings. The molecule has 11 heteroatoms. The molecule has 0 amide bonds. The van der Waals surface area contributed by atoms with Gasteiger partial charge in [-0.05, 0) is 6.42 Å². The number of rotatable bonds is 19. The molecule has 0 aromatic carbocycles. The van der Waals surface area contributed by atoms with E-state index in [0.29, 0.717) is 12.8 Å². The summed E-state index contributed by atoms with van der Waals surface area (Å²) in [4.78, 5) is 0. The van der Waals surface area contributed by atoms with Crippen LogP contribution < -0.4 is 29.6 Å². The molecule has 1 aliphatic heterocycles. The maximum Gasteiger partial charge on any atom is 1.00 e. The topological polar surface area (TPSA) is 157 Å². The molecule has 0 aromatic heterocycles. The van der Waals surface area contributed by atoms with Gasteiger partial charge in [0.1, 0.15) is 24.4 Å². The summed E-state index contributed by atoms with van der Waals surface area (Å²) in [6.45, 7) is 3.03. The second kappa shape index (κ2) is 18.8. The number of ether oxygens (including phenoxy) is 1. The molecular formula is C24H47NaO9S. The minimum atomic E-state index is -5.30. The minimum Gasteiger partial charge on any atom is -0.725 e. The van der Waals surface area contributed by atoms with E-state index in [0.717, 1.165) is 19.3 Å². The molecule has 9 nitrogen and oxygen atoms in total. The van der Waals surface area contributed by atoms with Gasteiger partial charge in [0.15, 0.2) is 0 Å². The summed E-state index contributed by atoms with van der Waals surface area (Å²) in [5, 5.41) is 40.0. The van der Waals surface area contributed by atoms with Gasteiger partial charge in [-0.15, -0.1) is 0 Å². The van der Waals surface area contributed by atoms with E-state index in [1.54, 1.807) is 6.92 Å². The van der Waals surface area contributed by atoms with Gasteiger partial charge in [0.2, 0.25) is 16.2 Å². The van der Waals surface area contributed by atoms with Crippen molar-refractivity contribution < 1.29 is 71.9 Å². The first kappa shape index (κ1) is 35.7. The average molecular weight is 535 g/mol. The molecule has 0 saturated carbocycles. The fourth-order valence-electron chi connectivity index (χ4n) is 4.73. The van der Waals surface area contributed by atoms with Gasteiger partial charge in [-0.1, -0.05) is 104 Å². The number of hydrogen-bond acceptors (Lipinski definition) is 9. The van der Waals surface area contributed by atoms with Crippen molar-refractivity contribution in [1.82, 2.24) is 0 Å². The van der Waals surface area contributed by atoms with E-state index < -0.39 is 53.1 Å². The van der Waals surface area contributed by atoms with E-state index in [9.17, 15) is 33.4 Å². The van der Waals surface area contributed by atoms with Gasteiger partial charge in [-0.2, -0.15) is 0 Å². The van der Waals surface area contributed by atoms with Crippen LogP contribution in [0, 0.1) is 5.92 Å². The molecule has 1 heterocycles. The summed E-state index contributed by atoms with van der Waals surface area (Å²) in [6, 6.07) is 0. The van der Waals surface area contributed by atoms with Crippen LogP contribution in [0.1, 0.15) is 110 Å². The molecular weight excluding hydrogens is 487 g/mol. The third-order valence-electron chi connectivity index (χ3n) is 6.89. The predicted octanol–water partition coefficient (Wildman–Crippen LogP) is 0.145. The van der Waals surface area contributed by atoms with Crippen molar-refractivity contribution in [3.05, 3.63) is 0 Å². The van der Waals surface area contributed by atoms with E-state index in [4.69, 9.17) is 4.74 Å². The van der Waals surface area contributed by atoms with E-state index in [2.05, 4.69) is 11.1 Å². The first-order chi connectivity index (χ1) is 16.1. The van der Waals surface area contributed by atoms with E-state index in [-0.39, 0.29) is 29.6 Å². The summed E-state index contributed by atoms with van der Waals surface area (Å²) >= 11 is 0. The van der Waals surface area contributed by atoms with E-state index in [1.165, 1.54) is 64.2 Å². The monoisotopic (exact) mass is 534 g/mol. The van der Waals surface area contributed by atoms with Crippen molar-refractivity contribution in [2.24, 2.45) is 5.92 Å². The first-order valence-corrected chi connectivity index (χ1v) is 14.4. The quantitative estimate of drug-likeness (QED) is 0.0783. The van der Waals surface area contributed by atoms with Crippen LogP contribution in [0.5, 0.6) is 0 Å². The maximum absolute atomic E-state index is 11.4. The Bertz CT molecular complexity index is 634. The molecule has 1 aliphatic rings. The Morgan fingerprint density at radius 2 is 1.29 bits per heavy atom. The van der Waals surface area contributed by atoms with Crippen molar-refractivity contribution in [2.45, 2.75) is 140 Å². The average Bonchev–Trinajstić information content (AvgIpc) is 2.78. The number of hydrogen-bond donors (Lipinski definition) is 4. The summed E-state index contributed by atoms with van der Waals surface area (Å²) in [5.41, 5.74) is 0. The molecule has 0 bridgehead atoms. The van der Waals surface area contributed by atoms with Crippen LogP contribution in [0.3, 0.4) is 0 Å². The van der Waals surface area contributed by atoms with E-state index >= 15 is 0 Å². The molecule has 0 spiro atoms. The molecule has 0 aromatic rings. The minimum absolute atomic E-state index is 0. The SMILES string of the molecule is CCCCCCCCCCCCCCCCC(C)C1(OS(=O)(=O)[O-])O[C@H](CO)[C@@H](O)[C@H](O)[C@H]1O.[Na+]. The van der Waals surface area contributed by atoms with Gasteiger partial charge in [-0.25, -0.2) is 12.6 Å². The van der Waals surface area contributed by atoms with Gasteiger partial charge in [-0.3, -0.25) is 0 Å². The van der Waals surface area contributed by atoms with Crippen LogP contribution in [0.4, 0.5) is 0 Å². The van der Waals surface area contributed by atoms with Gasteiger partial charge < -0.3 is 29.7 Å². The van der Waals surface area contributed by atoms with Crippen molar-refractivity contribution in [1.29, 1.82) is 0 Å². The summed E-state index contributed by atoms with van der Waals surface area (Å²) in [6.07, 6.45) is 10.1. The largest absolute Gasteiger partial charge is 1.00 e. The Morgan fingerprint density at radius 1 is 0.857 bits per heavy atom. The molecule has 1 rings (SSSR count). The second-order valence-corrected chi connectivity index (χ2v) is 10.7. The Labute approximate surface area is 234 Å². The molecule has 4 N–H and O–H groups in total. The van der Waals surface area contributed by atoms with E-state index in [1.807, 2.05) is 0 Å². The normalized spacial score (nSPS) is 28.0. The van der Waals surface area contributed by atoms with Gasteiger partial charge >= 0.3 is 29.6 Å². The Morgan fingerprint density at radius 3 is 1.69 bits per heavy atom. The first-order valence-electron chi connectivity index (χ1n) is 13.1. The summed E-state index contributed by atoms with van der Waals surface area (Å²) in [5.74, 6) is -3.16. The summed E-state index contributed by atoms with van der Waals surface area (Å²) < 4.78 is 44.1. The molecule has 6 atom stereocenters. The molecule has 204 valence electrons. The Kier molecular flexibility index (Phi) is 19.2. The predicted molar refractivity (Wildman–Crippen MR) is 128 cm³/mol. The molecule has 0 aliphatic carbocycles. The number of aliphatic hydroxyl groups is 4. The Balaban J connectivity index is 0.0000116. The van der Waals surface area contributed by atoms with Crippen LogP contribution >= 0.6 is 0 Å². The van der Waals surface area contributed by atoms with Crippen LogP contribution in [0.25, 0.3) is 0 Å². The zero-order valence-electron chi connectivity index (χ0n) is 21.9. The zero-order valence-corrected chi connectivity index (χ0v) is 24.8. The second-order valence-electron chi connectivity index (χ2n) is 9.76. The molecule has 35 heavy (non-hydrogen) atoms. The van der Waals surface area contributed by atoms with Crippen LogP contribution in [0.15, 0.2) is 0 Å². The third kappa shape index (κ3) is 12.8.